The van der Waals surface area contributed by atoms with Crippen molar-refractivity contribution in [3.05, 3.63) is 65.4 Å². The van der Waals surface area contributed by atoms with Crippen LogP contribution in [-0.4, -0.2) is 24.5 Å². The fraction of sp³-hybridized carbons (Fsp3) is 0.143. The maximum atomic E-state index is 12.2. The standard InChI is InChI=1S/C21H18ClN3O3S/c1-27-17-8-6-13(22)10-16(17)23-12-20(26)24-11-14-7-9-18(28-14)21-25-15-4-2-3-5-19(15)29-21/h2-10,23H,11-12H2,1H3,(H,24,26). The molecule has 0 spiro atoms. The number of furan rings is 1. The number of para-hydroxylation sites is 1. The lowest BCUT2D eigenvalue weighted by Gasteiger charge is -2.11. The van der Waals surface area contributed by atoms with Crippen LogP contribution in [0.15, 0.2) is 59.0 Å². The summed E-state index contributed by atoms with van der Waals surface area (Å²) in [5.41, 5.74) is 1.60. The van der Waals surface area contributed by atoms with Gasteiger partial charge in [0.05, 0.1) is 36.1 Å². The van der Waals surface area contributed by atoms with Crippen LogP contribution < -0.4 is 15.4 Å². The van der Waals surface area contributed by atoms with E-state index in [1.165, 1.54) is 0 Å². The number of nitrogens with zero attached hydrogens (tertiary/aromatic N) is 1. The van der Waals surface area contributed by atoms with Crippen LogP contribution in [0.1, 0.15) is 5.76 Å². The number of amides is 1. The molecule has 0 saturated carbocycles. The molecular weight excluding hydrogens is 410 g/mol. The van der Waals surface area contributed by atoms with Gasteiger partial charge in [0.15, 0.2) is 10.8 Å². The van der Waals surface area contributed by atoms with Crippen molar-refractivity contribution in [1.82, 2.24) is 10.3 Å². The van der Waals surface area contributed by atoms with E-state index in [4.69, 9.17) is 20.8 Å². The number of ether oxygens (including phenoxy) is 1. The van der Waals surface area contributed by atoms with Crippen molar-refractivity contribution in [3.63, 3.8) is 0 Å². The molecule has 4 rings (SSSR count). The summed E-state index contributed by atoms with van der Waals surface area (Å²) in [6.45, 7) is 0.375. The van der Waals surface area contributed by atoms with Crippen molar-refractivity contribution in [2.75, 3.05) is 19.0 Å². The van der Waals surface area contributed by atoms with Gasteiger partial charge in [-0.25, -0.2) is 4.98 Å². The second-order valence-corrected chi connectivity index (χ2v) is 7.69. The summed E-state index contributed by atoms with van der Waals surface area (Å²) in [7, 11) is 1.56. The van der Waals surface area contributed by atoms with Gasteiger partial charge in [0.25, 0.3) is 0 Å². The van der Waals surface area contributed by atoms with E-state index in [9.17, 15) is 4.79 Å². The van der Waals surface area contributed by atoms with Crippen LogP contribution in [0.4, 0.5) is 5.69 Å². The Morgan fingerprint density at radius 1 is 1.21 bits per heavy atom. The number of thiazole rings is 1. The maximum absolute atomic E-state index is 12.2. The van der Waals surface area contributed by atoms with E-state index in [1.807, 2.05) is 36.4 Å². The van der Waals surface area contributed by atoms with E-state index < -0.39 is 0 Å². The number of methoxy groups -OCH3 is 1. The molecular formula is C21H18ClN3O3S. The smallest absolute Gasteiger partial charge is 0.239 e. The van der Waals surface area contributed by atoms with E-state index in [2.05, 4.69) is 15.6 Å². The first-order chi connectivity index (χ1) is 14.1. The maximum Gasteiger partial charge on any atom is 0.239 e. The van der Waals surface area contributed by atoms with Gasteiger partial charge in [0, 0.05) is 5.02 Å². The van der Waals surface area contributed by atoms with Gasteiger partial charge in [-0.05, 0) is 42.5 Å². The summed E-state index contributed by atoms with van der Waals surface area (Å²) >= 11 is 7.57. The fourth-order valence-corrected chi connectivity index (χ4v) is 3.91. The number of fused-ring (bicyclic) bond motifs is 1. The van der Waals surface area contributed by atoms with Crippen LogP contribution in [0.2, 0.25) is 5.02 Å². The lowest BCUT2D eigenvalue weighted by atomic mass is 10.3. The lowest BCUT2D eigenvalue weighted by molar-refractivity contribution is -0.119. The third-order valence-corrected chi connectivity index (χ3v) is 5.51. The Morgan fingerprint density at radius 2 is 2.07 bits per heavy atom. The molecule has 29 heavy (non-hydrogen) atoms. The van der Waals surface area contributed by atoms with E-state index in [0.29, 0.717) is 28.0 Å². The summed E-state index contributed by atoms with van der Waals surface area (Å²) in [5.74, 6) is 1.80. The van der Waals surface area contributed by atoms with E-state index in [0.717, 1.165) is 15.2 Å². The highest BCUT2D eigenvalue weighted by Crippen LogP contribution is 2.31. The number of nitrogens with one attached hydrogen (secondary N) is 2. The second kappa shape index (κ2) is 8.55. The molecule has 1 amide bonds. The first-order valence-corrected chi connectivity index (χ1v) is 10.1. The van der Waals surface area contributed by atoms with Crippen LogP contribution in [0, 0.1) is 0 Å². The molecule has 0 aliphatic carbocycles. The molecule has 8 heteroatoms. The molecule has 2 N–H and O–H groups in total. The number of rotatable bonds is 7. The Morgan fingerprint density at radius 3 is 2.90 bits per heavy atom. The molecule has 4 aromatic rings. The van der Waals surface area contributed by atoms with Crippen molar-refractivity contribution < 1.29 is 13.9 Å². The van der Waals surface area contributed by atoms with Crippen LogP contribution in [0.5, 0.6) is 5.75 Å². The van der Waals surface area contributed by atoms with Crippen molar-refractivity contribution in [2.45, 2.75) is 6.54 Å². The minimum Gasteiger partial charge on any atom is -0.495 e. The first kappa shape index (κ1) is 19.3. The summed E-state index contributed by atoms with van der Waals surface area (Å²) in [5, 5.41) is 7.23. The molecule has 2 heterocycles. The highest BCUT2D eigenvalue weighted by Gasteiger charge is 2.11. The Kier molecular flexibility index (Phi) is 5.69. The molecule has 148 valence electrons. The van der Waals surface area contributed by atoms with Gasteiger partial charge in [-0.2, -0.15) is 0 Å². The molecule has 0 aliphatic rings. The third-order valence-electron chi connectivity index (χ3n) is 4.23. The molecule has 0 radical (unpaired) electrons. The molecule has 2 aromatic carbocycles. The van der Waals surface area contributed by atoms with Crippen LogP contribution in [-0.2, 0) is 11.3 Å². The van der Waals surface area contributed by atoms with Crippen molar-refractivity contribution >= 4 is 44.7 Å². The number of anilines is 1. The zero-order valence-electron chi connectivity index (χ0n) is 15.6. The molecule has 6 nitrogen and oxygen atoms in total. The number of carbonyl (C=O) groups excluding carboxylic acids is 1. The van der Waals surface area contributed by atoms with Crippen LogP contribution in [0.25, 0.3) is 21.0 Å². The average Bonchev–Trinajstić information content (AvgIpc) is 3.37. The van der Waals surface area contributed by atoms with Crippen molar-refractivity contribution in [1.29, 1.82) is 0 Å². The quantitative estimate of drug-likeness (QED) is 0.436. The monoisotopic (exact) mass is 427 g/mol. The van der Waals surface area contributed by atoms with Gasteiger partial charge < -0.3 is 19.8 Å². The van der Waals surface area contributed by atoms with Gasteiger partial charge in [0.2, 0.25) is 5.91 Å². The third kappa shape index (κ3) is 4.52. The second-order valence-electron chi connectivity index (χ2n) is 6.23. The zero-order valence-corrected chi connectivity index (χ0v) is 17.1. The van der Waals surface area contributed by atoms with Crippen LogP contribution in [0.3, 0.4) is 0 Å². The topological polar surface area (TPSA) is 76.4 Å². The summed E-state index contributed by atoms with van der Waals surface area (Å²) in [4.78, 5) is 16.8. The predicted molar refractivity (Wildman–Crippen MR) is 116 cm³/mol. The van der Waals surface area contributed by atoms with Crippen molar-refractivity contribution in [3.8, 4) is 16.5 Å². The van der Waals surface area contributed by atoms with E-state index in [1.54, 1.807) is 36.6 Å². The molecule has 0 saturated heterocycles. The SMILES string of the molecule is COc1ccc(Cl)cc1NCC(=O)NCc1ccc(-c2nc3ccccc3s2)o1. The van der Waals surface area contributed by atoms with Crippen LogP contribution >= 0.6 is 22.9 Å². The number of aromatic nitrogens is 1. The summed E-state index contributed by atoms with van der Waals surface area (Å²) in [6.07, 6.45) is 0. The number of halogens is 1. The Labute approximate surface area is 176 Å². The molecule has 0 atom stereocenters. The highest BCUT2D eigenvalue weighted by atomic mass is 35.5. The predicted octanol–water partition coefficient (Wildman–Crippen LogP) is 4.95. The lowest BCUT2D eigenvalue weighted by Crippen LogP contribution is -2.29. The van der Waals surface area contributed by atoms with Crippen molar-refractivity contribution in [2.24, 2.45) is 0 Å². The van der Waals surface area contributed by atoms with Gasteiger partial charge in [-0.3, -0.25) is 4.79 Å². The number of carbonyl (C=O) groups is 1. The minimum absolute atomic E-state index is 0.0855. The van der Waals surface area contributed by atoms with Gasteiger partial charge in [0.1, 0.15) is 11.5 Å². The normalized spacial score (nSPS) is 10.8. The number of benzene rings is 2. The first-order valence-electron chi connectivity index (χ1n) is 8.91. The molecule has 2 aromatic heterocycles. The molecule has 0 unspecified atom stereocenters. The van der Waals surface area contributed by atoms with Gasteiger partial charge >= 0.3 is 0 Å². The Balaban J connectivity index is 1.34. The highest BCUT2D eigenvalue weighted by molar-refractivity contribution is 7.21. The molecule has 0 aliphatic heterocycles. The number of hydrogen-bond donors (Lipinski definition) is 2. The van der Waals surface area contributed by atoms with Gasteiger partial charge in [-0.15, -0.1) is 11.3 Å². The average molecular weight is 428 g/mol. The number of hydrogen-bond acceptors (Lipinski definition) is 6. The largest absolute Gasteiger partial charge is 0.495 e. The Bertz CT molecular complexity index is 1120. The fourth-order valence-electron chi connectivity index (χ4n) is 2.81. The minimum atomic E-state index is -0.176. The van der Waals surface area contributed by atoms with Gasteiger partial charge in [-0.1, -0.05) is 23.7 Å². The Hall–Kier alpha value is -3.03. The molecule has 0 bridgehead atoms. The zero-order chi connectivity index (χ0) is 20.2. The van der Waals surface area contributed by atoms with E-state index >= 15 is 0 Å². The summed E-state index contributed by atoms with van der Waals surface area (Å²) < 4.78 is 12.2. The van der Waals surface area contributed by atoms with E-state index in [-0.39, 0.29) is 19.0 Å². The summed E-state index contributed by atoms with van der Waals surface area (Å²) in [6, 6.07) is 16.8. The molecule has 0 fully saturated rings.